The van der Waals surface area contributed by atoms with Gasteiger partial charge in [-0.15, -0.1) is 0 Å². The number of hydrogen-bond acceptors (Lipinski definition) is 7. The van der Waals surface area contributed by atoms with E-state index >= 15 is 0 Å². The molecule has 0 aliphatic rings. The average Bonchev–Trinajstić information content (AvgIpc) is 3.03. The lowest BCUT2D eigenvalue weighted by atomic mass is 10.0. The van der Waals surface area contributed by atoms with Crippen molar-refractivity contribution < 1.29 is 43.0 Å². The number of ether oxygens (including phenoxy) is 2. The van der Waals surface area contributed by atoms with E-state index in [0.717, 1.165) is 63.7 Å². The van der Waals surface area contributed by atoms with Crippen LogP contribution < -0.4 is 0 Å². The van der Waals surface area contributed by atoms with Gasteiger partial charge in [-0.3, -0.25) is 14.1 Å². The predicted octanol–water partition coefficient (Wildman–Crippen LogP) is 9.61. The lowest BCUT2D eigenvalue weighted by Gasteiger charge is -2.18. The molecule has 0 aliphatic heterocycles. The smallest absolute Gasteiger partial charge is 0.462 e. The summed E-state index contributed by atoms with van der Waals surface area (Å²) in [5.74, 6) is -0.192. The van der Waals surface area contributed by atoms with Gasteiger partial charge < -0.3 is 24.4 Å². The maximum atomic E-state index is 12.3. The van der Waals surface area contributed by atoms with Crippen LogP contribution in [0.15, 0.2) is 48.6 Å². The van der Waals surface area contributed by atoms with E-state index in [0.29, 0.717) is 19.3 Å². The van der Waals surface area contributed by atoms with Crippen molar-refractivity contribution in [3.63, 3.8) is 0 Å². The number of aliphatic hydroxyl groups is 1. The SMILES string of the molecule is CC[C@@H](O)CC/C=C\C/C=C\C/C=C\C/C=C\CCCC(=O)O[C@H](COC(=O)CCCCCCCCCCCC(C)C)COP(=O)(O)O. The summed E-state index contributed by atoms with van der Waals surface area (Å²) in [5.41, 5.74) is 0. The molecule has 9 nitrogen and oxygen atoms in total. The Hall–Kier alpha value is -2.03. The van der Waals surface area contributed by atoms with Crippen LogP contribution in [0.3, 0.4) is 0 Å². The maximum Gasteiger partial charge on any atom is 0.469 e. The molecule has 0 rings (SSSR count). The van der Waals surface area contributed by atoms with Gasteiger partial charge in [0.05, 0.1) is 12.7 Å². The molecule has 0 aromatic carbocycles. The first-order valence-corrected chi connectivity index (χ1v) is 19.9. The predicted molar refractivity (Wildman–Crippen MR) is 194 cm³/mol. The van der Waals surface area contributed by atoms with E-state index in [2.05, 4.69) is 54.8 Å². The Kier molecular flexibility index (Phi) is 30.8. The summed E-state index contributed by atoms with van der Waals surface area (Å²) in [5, 5.41) is 9.52. The first kappa shape index (κ1) is 46.0. The Balaban J connectivity index is 4.11. The molecule has 0 aromatic heterocycles. The lowest BCUT2D eigenvalue weighted by molar-refractivity contribution is -0.161. The number of allylic oxidation sites excluding steroid dienone is 8. The number of phosphoric ester groups is 1. The molecule has 0 aromatic rings. The largest absolute Gasteiger partial charge is 0.469 e. The van der Waals surface area contributed by atoms with Crippen LogP contribution in [-0.4, -0.2) is 52.3 Å². The summed E-state index contributed by atoms with van der Waals surface area (Å²) in [6.07, 6.45) is 33.6. The Morgan fingerprint density at radius 2 is 1.15 bits per heavy atom. The monoisotopic (exact) mass is 698 g/mol. The van der Waals surface area contributed by atoms with Gasteiger partial charge in [-0.2, -0.15) is 0 Å². The van der Waals surface area contributed by atoms with Gasteiger partial charge in [0.25, 0.3) is 0 Å². The van der Waals surface area contributed by atoms with E-state index in [1.54, 1.807) is 0 Å². The summed E-state index contributed by atoms with van der Waals surface area (Å²) in [4.78, 5) is 42.6. The molecule has 0 radical (unpaired) electrons. The normalized spacial score (nSPS) is 13.8. The van der Waals surface area contributed by atoms with Gasteiger partial charge in [-0.25, -0.2) is 4.57 Å². The van der Waals surface area contributed by atoms with Gasteiger partial charge in [0, 0.05) is 12.8 Å². The van der Waals surface area contributed by atoms with Gasteiger partial charge >= 0.3 is 19.8 Å². The molecule has 278 valence electrons. The Morgan fingerprint density at radius 1 is 0.646 bits per heavy atom. The Labute approximate surface area is 291 Å². The minimum absolute atomic E-state index is 0.122. The molecule has 2 atom stereocenters. The number of unbranched alkanes of at least 4 members (excludes halogenated alkanes) is 9. The van der Waals surface area contributed by atoms with Crippen molar-refractivity contribution in [2.24, 2.45) is 5.92 Å². The molecule has 0 bridgehead atoms. The average molecular weight is 699 g/mol. The standard InChI is InChI=1S/C38H67O9P/c1-4-35(39)29-25-21-17-13-9-7-5-6-8-10-14-19-23-27-31-38(41)47-36(33-46-48(42,43)44)32-45-37(40)30-26-22-18-15-11-12-16-20-24-28-34(2)3/h6-9,14,17,19,21,34-36,39H,4-5,10-13,15-16,18,20,22-33H2,1-3H3,(H2,42,43,44)/b8-6-,9-7-,19-14-,21-17-/t35-,36-/m1/s1. The van der Waals surface area contributed by atoms with Crippen LogP contribution in [0, 0.1) is 5.92 Å². The highest BCUT2D eigenvalue weighted by Gasteiger charge is 2.22. The lowest BCUT2D eigenvalue weighted by Crippen LogP contribution is -2.29. The Bertz CT molecular complexity index is 952. The van der Waals surface area contributed by atoms with Crippen molar-refractivity contribution >= 4 is 19.8 Å². The highest BCUT2D eigenvalue weighted by Crippen LogP contribution is 2.36. The minimum atomic E-state index is -4.77. The van der Waals surface area contributed by atoms with E-state index in [1.165, 1.54) is 38.5 Å². The van der Waals surface area contributed by atoms with Gasteiger partial charge in [-0.1, -0.05) is 127 Å². The molecule has 0 saturated carbocycles. The minimum Gasteiger partial charge on any atom is -0.462 e. The number of carbonyl (C=O) groups excluding carboxylic acids is 2. The molecule has 3 N–H and O–H groups in total. The van der Waals surface area contributed by atoms with Gasteiger partial charge in [0.15, 0.2) is 6.10 Å². The third-order valence-electron chi connectivity index (χ3n) is 7.69. The van der Waals surface area contributed by atoms with Crippen LogP contribution in [0.5, 0.6) is 0 Å². The van der Waals surface area contributed by atoms with E-state index in [9.17, 15) is 19.3 Å². The molecular weight excluding hydrogens is 631 g/mol. The van der Waals surface area contributed by atoms with E-state index in [1.807, 2.05) is 19.1 Å². The number of hydrogen-bond donors (Lipinski definition) is 3. The highest BCUT2D eigenvalue weighted by atomic mass is 31.2. The molecule has 0 unspecified atom stereocenters. The second kappa shape index (κ2) is 32.2. The fourth-order valence-corrected chi connectivity index (χ4v) is 5.12. The van der Waals surface area contributed by atoms with Crippen LogP contribution >= 0.6 is 7.82 Å². The van der Waals surface area contributed by atoms with Gasteiger partial charge in [-0.05, 0) is 63.7 Å². The molecule has 0 amide bonds. The van der Waals surface area contributed by atoms with E-state index in [-0.39, 0.29) is 25.6 Å². The topological polar surface area (TPSA) is 140 Å². The summed E-state index contributed by atoms with van der Waals surface area (Å²) < 4.78 is 26.2. The zero-order valence-electron chi connectivity index (χ0n) is 30.1. The summed E-state index contributed by atoms with van der Waals surface area (Å²) in [7, 11) is -4.77. The van der Waals surface area contributed by atoms with Crippen LogP contribution in [0.1, 0.15) is 149 Å². The number of esters is 2. The van der Waals surface area contributed by atoms with Crippen molar-refractivity contribution in [3.8, 4) is 0 Å². The van der Waals surface area contributed by atoms with Crippen molar-refractivity contribution in [1.29, 1.82) is 0 Å². The third kappa shape index (κ3) is 35.3. The van der Waals surface area contributed by atoms with Crippen molar-refractivity contribution in [2.45, 2.75) is 161 Å². The third-order valence-corrected chi connectivity index (χ3v) is 8.18. The molecule has 0 fully saturated rings. The van der Waals surface area contributed by atoms with Gasteiger partial charge in [0.1, 0.15) is 6.61 Å². The van der Waals surface area contributed by atoms with Crippen molar-refractivity contribution in [2.75, 3.05) is 13.2 Å². The number of aliphatic hydroxyl groups excluding tert-OH is 1. The van der Waals surface area contributed by atoms with Crippen LogP contribution in [0.2, 0.25) is 0 Å². The number of phosphoric acid groups is 1. The second-order valence-corrected chi connectivity index (χ2v) is 14.1. The Morgan fingerprint density at radius 3 is 1.69 bits per heavy atom. The van der Waals surface area contributed by atoms with E-state index < -0.39 is 32.5 Å². The van der Waals surface area contributed by atoms with Gasteiger partial charge in [0.2, 0.25) is 0 Å². The highest BCUT2D eigenvalue weighted by molar-refractivity contribution is 7.46. The molecule has 0 spiro atoms. The summed E-state index contributed by atoms with van der Waals surface area (Å²) in [6.45, 7) is 5.63. The van der Waals surface area contributed by atoms with Crippen molar-refractivity contribution in [3.05, 3.63) is 48.6 Å². The number of rotatable bonds is 32. The first-order valence-electron chi connectivity index (χ1n) is 18.4. The molecule has 0 saturated heterocycles. The van der Waals surface area contributed by atoms with Crippen LogP contribution in [0.4, 0.5) is 0 Å². The summed E-state index contributed by atoms with van der Waals surface area (Å²) >= 11 is 0. The fourth-order valence-electron chi connectivity index (χ4n) is 4.76. The molecular formula is C38H67O9P. The zero-order chi connectivity index (χ0) is 35.7. The maximum absolute atomic E-state index is 12.3. The second-order valence-electron chi connectivity index (χ2n) is 12.8. The van der Waals surface area contributed by atoms with E-state index in [4.69, 9.17) is 19.3 Å². The fraction of sp³-hybridized carbons (Fsp3) is 0.737. The molecule has 0 heterocycles. The molecule has 48 heavy (non-hydrogen) atoms. The van der Waals surface area contributed by atoms with Crippen molar-refractivity contribution in [1.82, 2.24) is 0 Å². The number of carbonyl (C=O) groups is 2. The first-order chi connectivity index (χ1) is 23.0. The molecule has 0 aliphatic carbocycles. The van der Waals surface area contributed by atoms with Crippen LogP contribution in [0.25, 0.3) is 0 Å². The quantitative estimate of drug-likeness (QED) is 0.0271. The zero-order valence-corrected chi connectivity index (χ0v) is 31.0. The molecule has 10 heteroatoms. The summed E-state index contributed by atoms with van der Waals surface area (Å²) in [6, 6.07) is 0. The van der Waals surface area contributed by atoms with Crippen LogP contribution in [-0.2, 0) is 28.2 Å².